The van der Waals surface area contributed by atoms with Gasteiger partial charge in [-0.2, -0.15) is 0 Å². The molecule has 0 aromatic heterocycles. The summed E-state index contributed by atoms with van der Waals surface area (Å²) in [5.41, 5.74) is 2.78. The Morgan fingerprint density at radius 3 is 2.56 bits per heavy atom. The second-order valence-electron chi connectivity index (χ2n) is 4.12. The molecule has 0 bridgehead atoms. The summed E-state index contributed by atoms with van der Waals surface area (Å²) in [5.74, 6) is 0.575. The minimum absolute atomic E-state index is 0.329. The topological polar surface area (TPSA) is 12.4 Å². The summed E-state index contributed by atoms with van der Waals surface area (Å²) in [6.45, 7) is 10.3. The molecule has 88 valence electrons. The molecule has 1 aliphatic rings. The fourth-order valence-corrected chi connectivity index (χ4v) is 2.36. The van der Waals surface area contributed by atoms with Gasteiger partial charge >= 0.3 is 0 Å². The molecule has 0 saturated heterocycles. The van der Waals surface area contributed by atoms with E-state index in [0.29, 0.717) is 12.0 Å². The van der Waals surface area contributed by atoms with Crippen molar-refractivity contribution in [1.82, 2.24) is 0 Å². The predicted molar refractivity (Wildman–Crippen MR) is 73.0 cm³/mol. The van der Waals surface area contributed by atoms with E-state index in [4.69, 9.17) is 4.99 Å². The number of nitrogens with zero attached hydrogens (tertiary/aromatic N) is 1. The van der Waals surface area contributed by atoms with Crippen molar-refractivity contribution in [2.75, 3.05) is 0 Å². The molecule has 0 amide bonds. The van der Waals surface area contributed by atoms with Crippen LogP contribution in [-0.4, -0.2) is 11.8 Å². The summed E-state index contributed by atoms with van der Waals surface area (Å²) in [4.78, 5) is 4.81. The smallest absolute Gasteiger partial charge is 0.0755 e. The highest BCUT2D eigenvalue weighted by molar-refractivity contribution is 6.02. The van der Waals surface area contributed by atoms with Crippen LogP contribution in [0.1, 0.15) is 40.0 Å². The number of rotatable bonds is 5. The van der Waals surface area contributed by atoms with Gasteiger partial charge in [0.15, 0.2) is 0 Å². The molecule has 0 aromatic carbocycles. The van der Waals surface area contributed by atoms with E-state index in [1.54, 1.807) is 0 Å². The lowest BCUT2D eigenvalue weighted by molar-refractivity contribution is 0.569. The summed E-state index contributed by atoms with van der Waals surface area (Å²) < 4.78 is 0. The van der Waals surface area contributed by atoms with Gasteiger partial charge < -0.3 is 0 Å². The molecule has 1 rings (SSSR count). The molecule has 0 aliphatic carbocycles. The Morgan fingerprint density at radius 1 is 1.31 bits per heavy atom. The highest BCUT2D eigenvalue weighted by atomic mass is 14.8. The molecule has 0 saturated carbocycles. The van der Waals surface area contributed by atoms with E-state index in [1.807, 2.05) is 12.2 Å². The fourth-order valence-electron chi connectivity index (χ4n) is 2.36. The van der Waals surface area contributed by atoms with Crippen LogP contribution in [-0.2, 0) is 0 Å². The predicted octanol–water partition coefficient (Wildman–Crippen LogP) is 4.32. The maximum absolute atomic E-state index is 4.81. The summed E-state index contributed by atoms with van der Waals surface area (Å²) in [7, 11) is 0. The van der Waals surface area contributed by atoms with E-state index < -0.39 is 0 Å². The first-order valence-corrected chi connectivity index (χ1v) is 6.34. The first kappa shape index (κ1) is 13.0. The Balaban J connectivity index is 2.96. The molecule has 1 nitrogen and oxygen atoms in total. The third-order valence-electron chi connectivity index (χ3n) is 3.09. The van der Waals surface area contributed by atoms with E-state index in [2.05, 4.69) is 39.5 Å². The molecular formula is C15H23N. The molecule has 2 unspecified atom stereocenters. The van der Waals surface area contributed by atoms with Gasteiger partial charge in [-0.3, -0.25) is 4.99 Å². The lowest BCUT2D eigenvalue weighted by Crippen LogP contribution is -2.13. The van der Waals surface area contributed by atoms with Crippen molar-refractivity contribution in [3.8, 4) is 0 Å². The van der Waals surface area contributed by atoms with Crippen LogP contribution >= 0.6 is 0 Å². The number of aliphatic imine (C=N–C) groups is 1. The zero-order valence-electron chi connectivity index (χ0n) is 10.7. The molecule has 1 heteroatoms. The van der Waals surface area contributed by atoms with Crippen molar-refractivity contribution in [3.63, 3.8) is 0 Å². The number of allylic oxidation sites excluding steroid dienone is 3. The van der Waals surface area contributed by atoms with Crippen molar-refractivity contribution in [2.24, 2.45) is 10.9 Å². The number of hydrogen-bond donors (Lipinski definition) is 0. The van der Waals surface area contributed by atoms with Crippen LogP contribution in [0, 0.1) is 5.92 Å². The van der Waals surface area contributed by atoms with Crippen molar-refractivity contribution < 1.29 is 0 Å². The van der Waals surface area contributed by atoms with Crippen molar-refractivity contribution >= 4 is 5.71 Å². The standard InChI is InChI=1S/C15H23N/c1-5-9-11-15-12(7-3)13(10-6-2)14(8-4)16-15/h5,9-12,15H,1,6-8H2,2-4H3/b11-9?,13-10-. The molecule has 0 fully saturated rings. The minimum Gasteiger partial charge on any atom is -0.281 e. The van der Waals surface area contributed by atoms with Crippen LogP contribution in [0.15, 0.2) is 41.4 Å². The second kappa shape index (κ2) is 6.47. The van der Waals surface area contributed by atoms with Gasteiger partial charge in [0, 0.05) is 11.6 Å². The van der Waals surface area contributed by atoms with E-state index in [9.17, 15) is 0 Å². The van der Waals surface area contributed by atoms with Gasteiger partial charge in [0.2, 0.25) is 0 Å². The van der Waals surface area contributed by atoms with Gasteiger partial charge in [-0.05, 0) is 24.8 Å². The van der Waals surface area contributed by atoms with Crippen molar-refractivity contribution in [3.05, 3.63) is 36.5 Å². The Bertz CT molecular complexity index is 320. The lowest BCUT2D eigenvalue weighted by atomic mass is 9.88. The highest BCUT2D eigenvalue weighted by Crippen LogP contribution is 2.32. The Morgan fingerprint density at radius 2 is 2.06 bits per heavy atom. The quantitative estimate of drug-likeness (QED) is 0.608. The lowest BCUT2D eigenvalue weighted by Gasteiger charge is -2.14. The summed E-state index contributed by atoms with van der Waals surface area (Å²) in [6, 6.07) is 0.329. The first-order chi connectivity index (χ1) is 7.78. The molecule has 0 spiro atoms. The zero-order valence-corrected chi connectivity index (χ0v) is 10.7. The summed E-state index contributed by atoms with van der Waals surface area (Å²) >= 11 is 0. The zero-order chi connectivity index (χ0) is 12.0. The molecule has 16 heavy (non-hydrogen) atoms. The molecule has 0 N–H and O–H groups in total. The SMILES string of the molecule is C=CC=CC1N=C(CC)/C(=C\CC)C1CC. The third-order valence-corrected chi connectivity index (χ3v) is 3.09. The Hall–Kier alpha value is -1.11. The van der Waals surface area contributed by atoms with E-state index in [0.717, 1.165) is 19.3 Å². The maximum Gasteiger partial charge on any atom is 0.0755 e. The largest absolute Gasteiger partial charge is 0.281 e. The van der Waals surface area contributed by atoms with Gasteiger partial charge in [-0.15, -0.1) is 0 Å². The molecule has 1 aliphatic heterocycles. The average Bonchev–Trinajstić information content (AvgIpc) is 2.64. The average molecular weight is 217 g/mol. The van der Waals surface area contributed by atoms with Gasteiger partial charge in [-0.1, -0.05) is 51.7 Å². The third kappa shape index (κ3) is 2.72. The van der Waals surface area contributed by atoms with Crippen LogP contribution in [0.5, 0.6) is 0 Å². The maximum atomic E-state index is 4.81. The van der Waals surface area contributed by atoms with Crippen LogP contribution in [0.25, 0.3) is 0 Å². The summed E-state index contributed by atoms with van der Waals surface area (Å²) in [5, 5.41) is 0. The van der Waals surface area contributed by atoms with Crippen LogP contribution in [0.4, 0.5) is 0 Å². The van der Waals surface area contributed by atoms with Crippen LogP contribution < -0.4 is 0 Å². The van der Waals surface area contributed by atoms with Gasteiger partial charge in [0.1, 0.15) is 0 Å². The molecule has 2 atom stereocenters. The monoisotopic (exact) mass is 217 g/mol. The van der Waals surface area contributed by atoms with Crippen molar-refractivity contribution in [1.29, 1.82) is 0 Å². The molecule has 0 radical (unpaired) electrons. The molecular weight excluding hydrogens is 194 g/mol. The molecule has 0 aromatic rings. The number of hydrogen-bond acceptors (Lipinski definition) is 1. The van der Waals surface area contributed by atoms with Gasteiger partial charge in [-0.25, -0.2) is 0 Å². The molecule has 1 heterocycles. The van der Waals surface area contributed by atoms with Crippen molar-refractivity contribution in [2.45, 2.75) is 46.1 Å². The van der Waals surface area contributed by atoms with Gasteiger partial charge in [0.25, 0.3) is 0 Å². The van der Waals surface area contributed by atoms with E-state index in [-0.39, 0.29) is 0 Å². The second-order valence-corrected chi connectivity index (χ2v) is 4.12. The van der Waals surface area contributed by atoms with Gasteiger partial charge in [0.05, 0.1) is 6.04 Å². The Kier molecular flexibility index (Phi) is 5.24. The minimum atomic E-state index is 0.329. The summed E-state index contributed by atoms with van der Waals surface area (Å²) in [6.07, 6.45) is 11.7. The highest BCUT2D eigenvalue weighted by Gasteiger charge is 2.29. The fraction of sp³-hybridized carbons (Fsp3) is 0.533. The first-order valence-electron chi connectivity index (χ1n) is 6.34. The van der Waals surface area contributed by atoms with Crippen LogP contribution in [0.2, 0.25) is 0 Å². The Labute approximate surface area is 99.7 Å². The van der Waals surface area contributed by atoms with Crippen LogP contribution in [0.3, 0.4) is 0 Å². The normalized spacial score (nSPS) is 27.7. The van der Waals surface area contributed by atoms with E-state index in [1.165, 1.54) is 11.3 Å². The van der Waals surface area contributed by atoms with E-state index >= 15 is 0 Å².